The van der Waals surface area contributed by atoms with Gasteiger partial charge in [-0.1, -0.05) is 57.2 Å². The van der Waals surface area contributed by atoms with Crippen LogP contribution in [0.2, 0.25) is 18.1 Å². The van der Waals surface area contributed by atoms with Crippen LogP contribution in [0.3, 0.4) is 0 Å². The molecule has 2 unspecified atom stereocenters. The molecular weight excluding hydrogens is 827 g/mol. The first-order valence-electron chi connectivity index (χ1n) is 20.9. The third kappa shape index (κ3) is 10.9. The molecule has 3 aliphatic rings. The number of hydrogen-bond donors (Lipinski definition) is 0. The molecule has 3 atom stereocenters. The molecule has 3 aliphatic heterocycles. The molecular formula is C44H57F4N7O6Si. The lowest BCUT2D eigenvalue weighted by Crippen LogP contribution is -2.55. The molecule has 0 saturated carbocycles. The summed E-state index contributed by atoms with van der Waals surface area (Å²) >= 11 is 0. The Labute approximate surface area is 362 Å². The van der Waals surface area contributed by atoms with Gasteiger partial charge >= 0.3 is 24.4 Å². The maximum atomic E-state index is 14.8. The van der Waals surface area contributed by atoms with Crippen LogP contribution in [0.1, 0.15) is 76.8 Å². The number of aromatic nitrogens is 2. The van der Waals surface area contributed by atoms with Crippen molar-refractivity contribution < 1.29 is 45.8 Å². The molecule has 0 N–H and O–H groups in total. The molecule has 4 heterocycles. The van der Waals surface area contributed by atoms with Gasteiger partial charge in [-0.2, -0.15) is 28.4 Å². The minimum absolute atomic E-state index is 0.00142. The number of ether oxygens (including phenoxy) is 3. The van der Waals surface area contributed by atoms with E-state index in [-0.39, 0.29) is 81.6 Å². The highest BCUT2D eigenvalue weighted by Crippen LogP contribution is 2.42. The Hall–Kier alpha value is -5.15. The smallest absolute Gasteiger partial charge is 0.421 e. The summed E-state index contributed by atoms with van der Waals surface area (Å²) in [6.07, 6.45) is -5.64. The summed E-state index contributed by atoms with van der Waals surface area (Å²) in [5.41, 5.74) is -0.575. The average molecular weight is 884 g/mol. The quantitative estimate of drug-likeness (QED) is 0.143. The normalized spacial score (nSPS) is 19.8. The lowest BCUT2D eigenvalue weighted by molar-refractivity contribution is -0.139. The lowest BCUT2D eigenvalue weighted by atomic mass is 10.0. The zero-order valence-corrected chi connectivity index (χ0v) is 37.7. The topological polar surface area (TPSA) is 134 Å². The predicted octanol–water partition coefficient (Wildman–Crippen LogP) is 8.72. The molecule has 2 saturated heterocycles. The lowest BCUT2D eigenvalue weighted by Gasteiger charge is -2.42. The van der Waals surface area contributed by atoms with E-state index in [0.717, 1.165) is 11.6 Å². The molecule has 0 spiro atoms. The molecule has 13 nitrogen and oxygen atoms in total. The first-order chi connectivity index (χ1) is 29.0. The summed E-state index contributed by atoms with van der Waals surface area (Å²) in [5, 5.41) is 9.75. The van der Waals surface area contributed by atoms with E-state index in [1.807, 2.05) is 35.2 Å². The highest BCUT2D eigenvalue weighted by Gasteiger charge is 2.45. The van der Waals surface area contributed by atoms with Gasteiger partial charge in [0.25, 0.3) is 0 Å². The number of nitriles is 1. The number of alkyl halides is 3. The number of nitrogens with zero attached hydrogens (tertiary/aromatic N) is 7. The SMILES string of the molecule is CC(C)(C)OC(=O)N1CC(O[Si](C)(C)C(C)(C)C)C[C@@H]1COc1nc2c(c(N3CCN(C(=O)OCc4ccccc4)C(CC#N)C3)n1)CCN(c1cccc(F)c1C(F)(F)F)C2. The van der Waals surface area contributed by atoms with Crippen LogP contribution < -0.4 is 14.5 Å². The van der Waals surface area contributed by atoms with Gasteiger partial charge < -0.3 is 33.3 Å². The van der Waals surface area contributed by atoms with Crippen LogP contribution in [0, 0.1) is 17.1 Å². The van der Waals surface area contributed by atoms with Gasteiger partial charge in [-0.15, -0.1) is 0 Å². The van der Waals surface area contributed by atoms with Gasteiger partial charge in [-0.05, 0) is 69.4 Å². The number of amides is 2. The molecule has 2 fully saturated rings. The number of piperazine rings is 1. The Balaban J connectivity index is 1.30. The van der Waals surface area contributed by atoms with Crippen molar-refractivity contribution in [3.8, 4) is 12.1 Å². The van der Waals surface area contributed by atoms with E-state index >= 15 is 0 Å². The molecule has 18 heteroatoms. The maximum absolute atomic E-state index is 14.8. The van der Waals surface area contributed by atoms with E-state index in [1.54, 1.807) is 25.7 Å². The van der Waals surface area contributed by atoms with Crippen LogP contribution in [-0.4, -0.2) is 103 Å². The Bertz CT molecular complexity index is 2130. The number of halogens is 4. The van der Waals surface area contributed by atoms with Gasteiger partial charge in [-0.25, -0.2) is 14.0 Å². The van der Waals surface area contributed by atoms with Crippen LogP contribution in [0.15, 0.2) is 48.5 Å². The van der Waals surface area contributed by atoms with Crippen molar-refractivity contribution in [2.24, 2.45) is 0 Å². The third-order valence-corrected chi connectivity index (χ3v) is 16.4. The Morgan fingerprint density at radius 2 is 1.61 bits per heavy atom. The van der Waals surface area contributed by atoms with Gasteiger partial charge in [0.1, 0.15) is 36.0 Å². The molecule has 1 aromatic heterocycles. The first-order valence-corrected chi connectivity index (χ1v) is 23.9. The molecule has 3 aromatic rings. The van der Waals surface area contributed by atoms with Crippen molar-refractivity contribution in [2.45, 2.75) is 122 Å². The summed E-state index contributed by atoms with van der Waals surface area (Å²) in [6, 6.07) is 13.6. The Morgan fingerprint density at radius 1 is 0.887 bits per heavy atom. The zero-order valence-electron chi connectivity index (χ0n) is 36.7. The van der Waals surface area contributed by atoms with E-state index < -0.39 is 55.7 Å². The van der Waals surface area contributed by atoms with Gasteiger partial charge in [0.2, 0.25) is 0 Å². The number of anilines is 2. The molecule has 0 radical (unpaired) electrons. The minimum atomic E-state index is -4.95. The van der Waals surface area contributed by atoms with Crippen molar-refractivity contribution in [3.05, 3.63) is 76.7 Å². The average Bonchev–Trinajstić information content (AvgIpc) is 3.59. The number of fused-ring (bicyclic) bond motifs is 1. The fourth-order valence-corrected chi connectivity index (χ4v) is 9.13. The fraction of sp³-hybridized carbons (Fsp3) is 0.568. The highest BCUT2D eigenvalue weighted by atomic mass is 28.4. The van der Waals surface area contributed by atoms with Crippen molar-refractivity contribution >= 4 is 32.0 Å². The summed E-state index contributed by atoms with van der Waals surface area (Å²) < 4.78 is 82.0. The summed E-state index contributed by atoms with van der Waals surface area (Å²) in [7, 11) is -2.24. The van der Waals surface area contributed by atoms with Crippen LogP contribution >= 0.6 is 0 Å². The number of likely N-dealkylation sites (tertiary alicyclic amines) is 1. The number of carbonyl (C=O) groups excluding carboxylic acids is 2. The van der Waals surface area contributed by atoms with Crippen molar-refractivity contribution in [2.75, 3.05) is 49.1 Å². The molecule has 0 bridgehead atoms. The number of benzene rings is 2. The molecule has 62 heavy (non-hydrogen) atoms. The van der Waals surface area contributed by atoms with Gasteiger partial charge in [0, 0.05) is 38.3 Å². The first kappa shape index (κ1) is 46.4. The Morgan fingerprint density at radius 3 is 2.27 bits per heavy atom. The predicted molar refractivity (Wildman–Crippen MR) is 227 cm³/mol. The molecule has 2 amide bonds. The third-order valence-electron chi connectivity index (χ3n) is 11.9. The second-order valence-corrected chi connectivity index (χ2v) is 23.3. The van der Waals surface area contributed by atoms with E-state index in [2.05, 4.69) is 39.9 Å². The van der Waals surface area contributed by atoms with Crippen molar-refractivity contribution in [1.29, 1.82) is 5.26 Å². The van der Waals surface area contributed by atoms with Crippen molar-refractivity contribution in [1.82, 2.24) is 19.8 Å². The van der Waals surface area contributed by atoms with Gasteiger partial charge in [0.05, 0.1) is 48.6 Å². The van der Waals surface area contributed by atoms with Crippen LogP contribution in [0.4, 0.5) is 38.7 Å². The Kier molecular flexibility index (Phi) is 13.7. The van der Waals surface area contributed by atoms with E-state index in [9.17, 15) is 32.4 Å². The maximum Gasteiger partial charge on any atom is 0.421 e. The monoisotopic (exact) mass is 883 g/mol. The number of carbonyl (C=O) groups is 2. The molecule has 6 rings (SSSR count). The second-order valence-electron chi connectivity index (χ2n) is 18.6. The van der Waals surface area contributed by atoms with E-state index in [0.29, 0.717) is 30.0 Å². The standard InChI is InChI=1S/C44H57F4N7O6Si/c1-42(2,3)60-41(57)55-25-32(61-62(7,8)43(4,5)6)23-31(55)28-58-39-50-35-26-52(36-16-12-15-34(45)37(36)44(46,47)48)20-18-33(35)38(51-39)53-21-22-54(30(24-53)17-19-49)40(56)59-27-29-13-10-9-11-14-29/h9-16,30-32H,17-18,20-28H2,1-8H3/t30?,31-,32?/m1/s1. The van der Waals surface area contributed by atoms with E-state index in [4.69, 9.17) is 28.6 Å². The summed E-state index contributed by atoms with van der Waals surface area (Å²) in [6.45, 7) is 17.1. The highest BCUT2D eigenvalue weighted by molar-refractivity contribution is 6.74. The van der Waals surface area contributed by atoms with Crippen LogP contribution in [-0.2, 0) is 39.6 Å². The second kappa shape index (κ2) is 18.3. The summed E-state index contributed by atoms with van der Waals surface area (Å²) in [5.74, 6) is -0.923. The number of rotatable bonds is 10. The summed E-state index contributed by atoms with van der Waals surface area (Å²) in [4.78, 5) is 43.1. The molecule has 2 aromatic carbocycles. The largest absolute Gasteiger partial charge is 0.461 e. The molecule has 0 aliphatic carbocycles. The van der Waals surface area contributed by atoms with Crippen LogP contribution in [0.5, 0.6) is 6.01 Å². The van der Waals surface area contributed by atoms with E-state index in [1.165, 1.54) is 21.9 Å². The molecule has 336 valence electrons. The number of hydrogen-bond acceptors (Lipinski definition) is 11. The fourth-order valence-electron chi connectivity index (χ4n) is 7.77. The van der Waals surface area contributed by atoms with Crippen molar-refractivity contribution in [3.63, 3.8) is 0 Å². The van der Waals surface area contributed by atoms with Gasteiger partial charge in [0.15, 0.2) is 8.32 Å². The van der Waals surface area contributed by atoms with Crippen LogP contribution in [0.25, 0.3) is 0 Å². The minimum Gasteiger partial charge on any atom is -0.461 e. The van der Waals surface area contributed by atoms with Gasteiger partial charge in [-0.3, -0.25) is 4.90 Å². The zero-order chi connectivity index (χ0) is 45.2.